The SMILES string of the molecule is C[C@H](N[C@@H]1CCN(Cc2ccccn2)C[C@H]1C)c1ccsc1. The van der Waals surface area contributed by atoms with Crippen LogP contribution in [-0.4, -0.2) is 29.0 Å². The van der Waals surface area contributed by atoms with Gasteiger partial charge in [0.05, 0.1) is 5.69 Å². The van der Waals surface area contributed by atoms with Crippen LogP contribution in [-0.2, 0) is 6.54 Å². The van der Waals surface area contributed by atoms with Gasteiger partial charge in [0.25, 0.3) is 0 Å². The van der Waals surface area contributed by atoms with Crippen molar-refractivity contribution in [3.05, 3.63) is 52.5 Å². The molecule has 3 rings (SSSR count). The fourth-order valence-electron chi connectivity index (χ4n) is 3.28. The minimum absolute atomic E-state index is 0.445. The van der Waals surface area contributed by atoms with Gasteiger partial charge in [-0.2, -0.15) is 11.3 Å². The van der Waals surface area contributed by atoms with Crippen LogP contribution in [0.2, 0.25) is 0 Å². The van der Waals surface area contributed by atoms with Crippen molar-refractivity contribution in [2.75, 3.05) is 13.1 Å². The second-order valence-electron chi connectivity index (χ2n) is 6.37. The number of thiophene rings is 1. The maximum Gasteiger partial charge on any atom is 0.0543 e. The summed E-state index contributed by atoms with van der Waals surface area (Å²) in [6.07, 6.45) is 3.10. The third kappa shape index (κ3) is 3.94. The minimum atomic E-state index is 0.445. The predicted octanol–water partition coefficient (Wildman–Crippen LogP) is 3.70. The maximum atomic E-state index is 4.44. The number of rotatable bonds is 5. The highest BCUT2D eigenvalue weighted by atomic mass is 32.1. The molecule has 0 amide bonds. The first kappa shape index (κ1) is 15.7. The normalized spacial score (nSPS) is 24.3. The highest BCUT2D eigenvalue weighted by Gasteiger charge is 2.27. The highest BCUT2D eigenvalue weighted by Crippen LogP contribution is 2.23. The monoisotopic (exact) mass is 315 g/mol. The summed E-state index contributed by atoms with van der Waals surface area (Å²) in [7, 11) is 0. The van der Waals surface area contributed by atoms with Gasteiger partial charge in [-0.25, -0.2) is 0 Å². The summed E-state index contributed by atoms with van der Waals surface area (Å²) < 4.78 is 0. The number of hydrogen-bond donors (Lipinski definition) is 1. The summed E-state index contributed by atoms with van der Waals surface area (Å²) in [6, 6.07) is 9.45. The number of likely N-dealkylation sites (tertiary alicyclic amines) is 1. The lowest BCUT2D eigenvalue weighted by atomic mass is 9.92. The van der Waals surface area contributed by atoms with Crippen molar-refractivity contribution < 1.29 is 0 Å². The Morgan fingerprint density at radius 3 is 3.00 bits per heavy atom. The molecule has 0 aliphatic carbocycles. The highest BCUT2D eigenvalue weighted by molar-refractivity contribution is 7.07. The molecule has 1 saturated heterocycles. The lowest BCUT2D eigenvalue weighted by molar-refractivity contribution is 0.134. The van der Waals surface area contributed by atoms with Crippen LogP contribution in [0.3, 0.4) is 0 Å². The van der Waals surface area contributed by atoms with Gasteiger partial charge in [0, 0.05) is 37.9 Å². The molecule has 0 radical (unpaired) electrons. The number of hydrogen-bond acceptors (Lipinski definition) is 4. The van der Waals surface area contributed by atoms with Gasteiger partial charge in [-0.05, 0) is 53.8 Å². The molecule has 1 aliphatic heterocycles. The molecule has 1 aliphatic rings. The van der Waals surface area contributed by atoms with Crippen LogP contribution >= 0.6 is 11.3 Å². The summed E-state index contributed by atoms with van der Waals surface area (Å²) >= 11 is 1.78. The Balaban J connectivity index is 1.52. The molecular weight excluding hydrogens is 290 g/mol. The Kier molecular flexibility index (Phi) is 5.24. The molecule has 0 unspecified atom stereocenters. The fourth-order valence-corrected chi connectivity index (χ4v) is 4.04. The minimum Gasteiger partial charge on any atom is -0.307 e. The summed E-state index contributed by atoms with van der Waals surface area (Å²) in [5.74, 6) is 0.665. The Hall–Kier alpha value is -1.23. The van der Waals surface area contributed by atoms with E-state index in [0.717, 1.165) is 19.6 Å². The maximum absolute atomic E-state index is 4.44. The molecule has 0 bridgehead atoms. The van der Waals surface area contributed by atoms with Gasteiger partial charge in [-0.15, -0.1) is 0 Å². The van der Waals surface area contributed by atoms with Crippen molar-refractivity contribution in [2.24, 2.45) is 5.92 Å². The number of aromatic nitrogens is 1. The lowest BCUT2D eigenvalue weighted by Gasteiger charge is -2.38. The molecule has 0 saturated carbocycles. The smallest absolute Gasteiger partial charge is 0.0543 e. The van der Waals surface area contributed by atoms with Gasteiger partial charge in [0.15, 0.2) is 0 Å². The zero-order chi connectivity index (χ0) is 15.4. The van der Waals surface area contributed by atoms with Crippen LogP contribution in [0.4, 0.5) is 0 Å². The van der Waals surface area contributed by atoms with Gasteiger partial charge >= 0.3 is 0 Å². The summed E-state index contributed by atoms with van der Waals surface area (Å²) in [6.45, 7) is 7.90. The average molecular weight is 315 g/mol. The van der Waals surface area contributed by atoms with E-state index in [9.17, 15) is 0 Å². The second kappa shape index (κ2) is 7.36. The predicted molar refractivity (Wildman–Crippen MR) is 93.0 cm³/mol. The third-order valence-electron chi connectivity index (χ3n) is 4.61. The van der Waals surface area contributed by atoms with Crippen molar-refractivity contribution >= 4 is 11.3 Å². The third-order valence-corrected chi connectivity index (χ3v) is 5.31. The topological polar surface area (TPSA) is 28.2 Å². The Morgan fingerprint density at radius 2 is 2.32 bits per heavy atom. The zero-order valence-corrected chi connectivity index (χ0v) is 14.2. The van der Waals surface area contributed by atoms with E-state index in [1.807, 2.05) is 12.3 Å². The number of nitrogens with one attached hydrogen (secondary N) is 1. The first-order valence-electron chi connectivity index (χ1n) is 8.13. The van der Waals surface area contributed by atoms with Gasteiger partial charge in [0.1, 0.15) is 0 Å². The van der Waals surface area contributed by atoms with Crippen molar-refractivity contribution in [2.45, 2.75) is 38.9 Å². The van der Waals surface area contributed by atoms with E-state index in [1.165, 1.54) is 17.7 Å². The lowest BCUT2D eigenvalue weighted by Crippen LogP contribution is -2.48. The second-order valence-corrected chi connectivity index (χ2v) is 7.15. The molecule has 22 heavy (non-hydrogen) atoms. The van der Waals surface area contributed by atoms with Gasteiger partial charge in [-0.1, -0.05) is 13.0 Å². The van der Waals surface area contributed by atoms with Crippen molar-refractivity contribution in [1.29, 1.82) is 0 Å². The molecule has 4 heteroatoms. The Bertz CT molecular complexity index is 555. The molecule has 1 fully saturated rings. The van der Waals surface area contributed by atoms with E-state index < -0.39 is 0 Å². The van der Waals surface area contributed by atoms with E-state index >= 15 is 0 Å². The summed E-state index contributed by atoms with van der Waals surface area (Å²) in [5.41, 5.74) is 2.58. The summed E-state index contributed by atoms with van der Waals surface area (Å²) in [5, 5.41) is 8.23. The van der Waals surface area contributed by atoms with E-state index in [0.29, 0.717) is 18.0 Å². The molecular formula is C18H25N3S. The van der Waals surface area contributed by atoms with Gasteiger partial charge in [0.2, 0.25) is 0 Å². The molecule has 3 heterocycles. The largest absolute Gasteiger partial charge is 0.307 e. The van der Waals surface area contributed by atoms with Crippen molar-refractivity contribution in [3.8, 4) is 0 Å². The first-order valence-corrected chi connectivity index (χ1v) is 9.07. The van der Waals surface area contributed by atoms with Gasteiger partial charge in [-0.3, -0.25) is 9.88 Å². The van der Waals surface area contributed by atoms with E-state index in [2.05, 4.69) is 58.0 Å². The number of pyridine rings is 1. The first-order chi connectivity index (χ1) is 10.7. The van der Waals surface area contributed by atoms with Crippen LogP contribution in [0.15, 0.2) is 41.2 Å². The molecule has 2 aromatic heterocycles. The molecule has 0 aromatic carbocycles. The quantitative estimate of drug-likeness (QED) is 0.912. The van der Waals surface area contributed by atoms with E-state index in [1.54, 1.807) is 11.3 Å². The van der Waals surface area contributed by atoms with Crippen LogP contribution < -0.4 is 5.32 Å². The van der Waals surface area contributed by atoms with E-state index in [4.69, 9.17) is 0 Å². The van der Waals surface area contributed by atoms with Crippen molar-refractivity contribution in [1.82, 2.24) is 15.2 Å². The molecule has 3 nitrogen and oxygen atoms in total. The molecule has 1 N–H and O–H groups in total. The van der Waals surface area contributed by atoms with Crippen LogP contribution in [0.25, 0.3) is 0 Å². The zero-order valence-electron chi connectivity index (χ0n) is 13.4. The Morgan fingerprint density at radius 1 is 1.41 bits per heavy atom. The standard InChI is InChI=1S/C18H25N3S/c1-14-11-21(12-17-5-3-4-8-19-17)9-6-18(14)20-15(2)16-7-10-22-13-16/h3-5,7-8,10,13-15,18,20H,6,9,11-12H2,1-2H3/t14-,15+,18-/m1/s1. The van der Waals surface area contributed by atoms with Crippen LogP contribution in [0.5, 0.6) is 0 Å². The summed E-state index contributed by atoms with van der Waals surface area (Å²) in [4.78, 5) is 6.97. The van der Waals surface area contributed by atoms with Gasteiger partial charge < -0.3 is 5.32 Å². The molecule has 3 atom stereocenters. The molecule has 0 spiro atoms. The average Bonchev–Trinajstić information content (AvgIpc) is 3.05. The fraction of sp³-hybridized carbons (Fsp3) is 0.500. The van der Waals surface area contributed by atoms with Crippen molar-refractivity contribution in [3.63, 3.8) is 0 Å². The molecule has 2 aromatic rings. The molecule has 118 valence electrons. The van der Waals surface area contributed by atoms with E-state index in [-0.39, 0.29) is 0 Å². The number of piperidine rings is 1. The number of nitrogens with zero attached hydrogens (tertiary/aromatic N) is 2. The van der Waals surface area contributed by atoms with Crippen LogP contribution in [0, 0.1) is 5.92 Å². The van der Waals surface area contributed by atoms with Crippen LogP contribution in [0.1, 0.15) is 37.6 Å². The Labute approximate surface area is 137 Å².